The van der Waals surface area contributed by atoms with E-state index in [0.29, 0.717) is 16.7 Å². The van der Waals surface area contributed by atoms with E-state index in [1.807, 2.05) is 6.92 Å². The summed E-state index contributed by atoms with van der Waals surface area (Å²) < 4.78 is 39.8. The molecule has 0 saturated heterocycles. The second kappa shape index (κ2) is 14.9. The maximum atomic E-state index is 13.4. The Labute approximate surface area is 188 Å². The second-order valence-corrected chi connectivity index (χ2v) is 8.68. The summed E-state index contributed by atoms with van der Waals surface area (Å²) in [7, 11) is 0. The van der Waals surface area contributed by atoms with E-state index in [1.54, 1.807) is 37.8 Å². The third-order valence-corrected chi connectivity index (χ3v) is 5.58. The van der Waals surface area contributed by atoms with Crippen LogP contribution in [0.25, 0.3) is 0 Å². The van der Waals surface area contributed by atoms with Gasteiger partial charge in [-0.1, -0.05) is 33.4 Å². The van der Waals surface area contributed by atoms with Gasteiger partial charge in [0.05, 0.1) is 0 Å². The van der Waals surface area contributed by atoms with Crippen LogP contribution in [0.1, 0.15) is 54.4 Å². The van der Waals surface area contributed by atoms with Crippen LogP contribution in [0, 0.1) is 23.4 Å². The summed E-state index contributed by atoms with van der Waals surface area (Å²) in [6.07, 6.45) is 5.36. The van der Waals surface area contributed by atoms with Gasteiger partial charge in [0, 0.05) is 40.2 Å². The molecule has 3 nitrogen and oxygen atoms in total. The molecule has 0 fully saturated rings. The van der Waals surface area contributed by atoms with Crippen LogP contribution < -0.4 is 5.32 Å². The molecule has 0 saturated carbocycles. The SMILES string of the molecule is C=C(C)/C(=C\C(=C/C)C(=O)Nc1cc(F)c(F)c(F)c1)SC(CC)CC(C)C.CCO. The lowest BCUT2D eigenvalue weighted by molar-refractivity contribution is -0.112. The van der Waals surface area contributed by atoms with Crippen LogP contribution in [0.2, 0.25) is 0 Å². The monoisotopic (exact) mass is 457 g/mol. The molecule has 1 amide bonds. The van der Waals surface area contributed by atoms with Crippen molar-refractivity contribution < 1.29 is 23.1 Å². The standard InChI is InChI=1S/C22H28F3NOS.C2H6O/c1-7-15(10-20(14(5)6)28-17(8-2)9-13(3)4)22(27)26-16-11-18(23)21(25)19(24)12-16;1-2-3/h7,10-13,17H,5,8-9H2,1-4,6H3,(H,26,27);3H,2H2,1H3/b15-7+,20-10+;. The summed E-state index contributed by atoms with van der Waals surface area (Å²) in [5, 5.41) is 10.4. The van der Waals surface area contributed by atoms with E-state index in [-0.39, 0.29) is 12.3 Å². The number of benzene rings is 1. The molecular weight excluding hydrogens is 423 g/mol. The quantitative estimate of drug-likeness (QED) is 0.238. The lowest BCUT2D eigenvalue weighted by Gasteiger charge is -2.19. The van der Waals surface area contributed by atoms with Crippen molar-refractivity contribution in [1.82, 2.24) is 0 Å². The zero-order valence-corrected chi connectivity index (χ0v) is 20.0. The normalized spacial score (nSPS) is 12.9. The fourth-order valence-corrected chi connectivity index (χ4v) is 3.92. The van der Waals surface area contributed by atoms with E-state index in [9.17, 15) is 18.0 Å². The molecule has 0 bridgehead atoms. The first-order chi connectivity index (χ1) is 14.5. The highest BCUT2D eigenvalue weighted by atomic mass is 32.2. The van der Waals surface area contributed by atoms with Crippen molar-refractivity contribution >= 4 is 23.4 Å². The number of hydrogen-bond acceptors (Lipinski definition) is 3. The van der Waals surface area contributed by atoms with Gasteiger partial charge in [-0.2, -0.15) is 0 Å². The summed E-state index contributed by atoms with van der Waals surface area (Å²) in [6, 6.07) is 1.49. The van der Waals surface area contributed by atoms with Crippen LogP contribution in [-0.4, -0.2) is 22.9 Å². The Morgan fingerprint density at radius 2 is 1.74 bits per heavy atom. The van der Waals surface area contributed by atoms with Crippen molar-refractivity contribution in [2.24, 2.45) is 5.92 Å². The van der Waals surface area contributed by atoms with Gasteiger partial charge in [0.25, 0.3) is 5.91 Å². The Morgan fingerprint density at radius 1 is 1.23 bits per heavy atom. The summed E-state index contributed by atoms with van der Waals surface area (Å²) >= 11 is 1.67. The maximum Gasteiger partial charge on any atom is 0.255 e. The summed E-state index contributed by atoms with van der Waals surface area (Å²) in [5.74, 6) is -4.27. The Kier molecular flexibility index (Phi) is 14.0. The molecule has 1 aromatic rings. The van der Waals surface area contributed by atoms with Gasteiger partial charge in [0.1, 0.15) is 0 Å². The van der Waals surface area contributed by atoms with Crippen LogP contribution in [-0.2, 0) is 4.79 Å². The van der Waals surface area contributed by atoms with E-state index < -0.39 is 23.4 Å². The van der Waals surface area contributed by atoms with Gasteiger partial charge in [0.15, 0.2) is 17.5 Å². The molecule has 1 aromatic carbocycles. The molecule has 0 spiro atoms. The zero-order valence-electron chi connectivity index (χ0n) is 19.2. The topological polar surface area (TPSA) is 49.3 Å². The number of thioether (sulfide) groups is 1. The first-order valence-corrected chi connectivity index (χ1v) is 11.2. The van der Waals surface area contributed by atoms with Crippen LogP contribution in [0.3, 0.4) is 0 Å². The fraction of sp³-hybridized carbons (Fsp3) is 0.458. The number of aliphatic hydroxyl groups is 1. The smallest absolute Gasteiger partial charge is 0.255 e. The summed E-state index contributed by atoms with van der Waals surface area (Å²) in [4.78, 5) is 13.4. The second-order valence-electron chi connectivity index (χ2n) is 7.33. The van der Waals surface area contributed by atoms with Crippen molar-refractivity contribution in [3.63, 3.8) is 0 Å². The molecule has 0 aliphatic heterocycles. The zero-order chi connectivity index (χ0) is 24.1. The van der Waals surface area contributed by atoms with Crippen molar-refractivity contribution in [2.45, 2.75) is 59.6 Å². The first-order valence-electron chi connectivity index (χ1n) is 10.3. The van der Waals surface area contributed by atoms with Crippen molar-refractivity contribution in [1.29, 1.82) is 0 Å². The Bertz CT molecular complexity index is 781. The number of rotatable bonds is 9. The molecule has 0 aromatic heterocycles. The molecule has 0 heterocycles. The van der Waals surface area contributed by atoms with Gasteiger partial charge in [-0.05, 0) is 51.2 Å². The first kappa shape index (κ1) is 29.0. The van der Waals surface area contributed by atoms with Crippen molar-refractivity contribution in [2.75, 3.05) is 11.9 Å². The number of carbonyl (C=O) groups is 1. The molecule has 31 heavy (non-hydrogen) atoms. The lowest BCUT2D eigenvalue weighted by atomic mass is 10.1. The number of amides is 1. The molecule has 1 unspecified atom stereocenters. The van der Waals surface area contributed by atoms with Crippen LogP contribution in [0.15, 0.2) is 46.9 Å². The Morgan fingerprint density at radius 3 is 2.13 bits per heavy atom. The number of anilines is 1. The molecule has 7 heteroatoms. The van der Waals surface area contributed by atoms with E-state index >= 15 is 0 Å². The van der Waals surface area contributed by atoms with E-state index in [2.05, 4.69) is 32.7 Å². The van der Waals surface area contributed by atoms with E-state index in [1.165, 1.54) is 0 Å². The summed E-state index contributed by atoms with van der Waals surface area (Å²) in [6.45, 7) is 16.0. The van der Waals surface area contributed by atoms with Crippen LogP contribution in [0.5, 0.6) is 0 Å². The van der Waals surface area contributed by atoms with Crippen molar-refractivity contribution in [3.8, 4) is 0 Å². The number of hydrogen-bond donors (Lipinski definition) is 2. The minimum atomic E-state index is -1.57. The average Bonchev–Trinajstić information content (AvgIpc) is 2.68. The number of aliphatic hydroxyl groups excluding tert-OH is 1. The maximum absolute atomic E-state index is 13.4. The predicted octanol–water partition coefficient (Wildman–Crippen LogP) is 7.01. The molecule has 0 radical (unpaired) electrons. The van der Waals surface area contributed by atoms with Crippen LogP contribution in [0.4, 0.5) is 18.9 Å². The number of allylic oxidation sites excluding steroid dienone is 2. The predicted molar refractivity (Wildman–Crippen MR) is 125 cm³/mol. The van der Waals surface area contributed by atoms with Gasteiger partial charge in [-0.3, -0.25) is 4.79 Å². The third kappa shape index (κ3) is 10.7. The van der Waals surface area contributed by atoms with E-state index in [4.69, 9.17) is 5.11 Å². The fourth-order valence-electron chi connectivity index (χ4n) is 2.51. The molecule has 1 atom stereocenters. The highest BCUT2D eigenvalue weighted by molar-refractivity contribution is 8.03. The number of halogens is 3. The van der Waals surface area contributed by atoms with Gasteiger partial charge in [-0.15, -0.1) is 11.8 Å². The number of carbonyl (C=O) groups excluding carboxylic acids is 1. The van der Waals surface area contributed by atoms with Gasteiger partial charge < -0.3 is 10.4 Å². The van der Waals surface area contributed by atoms with Gasteiger partial charge in [-0.25, -0.2) is 13.2 Å². The molecule has 2 N–H and O–H groups in total. The van der Waals surface area contributed by atoms with Crippen LogP contribution >= 0.6 is 11.8 Å². The van der Waals surface area contributed by atoms with Gasteiger partial charge in [0.2, 0.25) is 0 Å². The Balaban J connectivity index is 0.00000282. The minimum absolute atomic E-state index is 0.148. The number of nitrogens with one attached hydrogen (secondary N) is 1. The van der Waals surface area contributed by atoms with Crippen molar-refractivity contribution in [3.05, 3.63) is 64.4 Å². The third-order valence-electron chi connectivity index (χ3n) is 4.01. The molecule has 0 aliphatic carbocycles. The molecule has 174 valence electrons. The van der Waals surface area contributed by atoms with Gasteiger partial charge >= 0.3 is 0 Å². The highest BCUT2D eigenvalue weighted by Gasteiger charge is 2.16. The Hall–Kier alpha value is -1.99. The highest BCUT2D eigenvalue weighted by Crippen LogP contribution is 2.33. The minimum Gasteiger partial charge on any atom is -0.397 e. The molecule has 0 aliphatic rings. The van der Waals surface area contributed by atoms with E-state index in [0.717, 1.165) is 35.5 Å². The average molecular weight is 458 g/mol. The largest absolute Gasteiger partial charge is 0.397 e. The summed E-state index contributed by atoms with van der Waals surface area (Å²) in [5.41, 5.74) is 1.01. The lowest BCUT2D eigenvalue weighted by Crippen LogP contribution is -2.14. The molecular formula is C24H34F3NO2S. The molecule has 1 rings (SSSR count).